The van der Waals surface area contributed by atoms with Gasteiger partial charge in [0.25, 0.3) is 0 Å². The number of carbonyl (C=O) groups is 2. The molecular weight excluding hydrogens is 519 g/mol. The smallest absolute Gasteiger partial charge is 0.387 e. The minimum absolute atomic E-state index is 0.0239. The lowest BCUT2D eigenvalue weighted by Gasteiger charge is -2.31. The molecule has 2 aliphatic rings. The zero-order valence-corrected chi connectivity index (χ0v) is 21.7. The van der Waals surface area contributed by atoms with Crippen LogP contribution in [0.4, 0.5) is 13.2 Å². The van der Waals surface area contributed by atoms with Gasteiger partial charge in [0, 0.05) is 47.6 Å². The summed E-state index contributed by atoms with van der Waals surface area (Å²) in [4.78, 5) is 36.8. The van der Waals surface area contributed by atoms with E-state index in [0.717, 1.165) is 32.7 Å². The molecule has 0 N–H and O–H groups in total. The Balaban J connectivity index is 1.17. The van der Waals surface area contributed by atoms with Crippen molar-refractivity contribution < 1.29 is 27.6 Å². The van der Waals surface area contributed by atoms with E-state index in [9.17, 15) is 22.8 Å². The molecule has 1 atom stereocenters. The summed E-state index contributed by atoms with van der Waals surface area (Å²) in [5.74, 6) is -0.0972. The summed E-state index contributed by atoms with van der Waals surface area (Å²) in [6.45, 7) is 3.81. The number of likely N-dealkylation sites (tertiary alicyclic amines) is 1. The van der Waals surface area contributed by atoms with E-state index >= 15 is 0 Å². The van der Waals surface area contributed by atoms with Crippen LogP contribution < -0.4 is 0 Å². The molecular formula is C26H26F3N5O3S. The first-order valence-corrected chi connectivity index (χ1v) is 13.2. The van der Waals surface area contributed by atoms with Crippen molar-refractivity contribution in [2.75, 3.05) is 13.1 Å². The number of nitrogens with zero attached hydrogens (tertiary/aromatic N) is 5. The number of halogens is 3. The van der Waals surface area contributed by atoms with Crippen LogP contribution >= 0.6 is 11.3 Å². The van der Waals surface area contributed by atoms with Crippen LogP contribution in [0.1, 0.15) is 76.2 Å². The Morgan fingerprint density at radius 1 is 1.18 bits per heavy atom. The van der Waals surface area contributed by atoms with Gasteiger partial charge in [-0.1, -0.05) is 29.4 Å². The number of benzene rings is 1. The van der Waals surface area contributed by atoms with Gasteiger partial charge in [-0.3, -0.25) is 14.3 Å². The number of rotatable bonds is 6. The summed E-state index contributed by atoms with van der Waals surface area (Å²) in [6, 6.07) is 8.31. The highest BCUT2D eigenvalue weighted by molar-refractivity contribution is 7.10. The number of amides is 1. The van der Waals surface area contributed by atoms with Gasteiger partial charge < -0.3 is 9.74 Å². The number of aromatic nitrogens is 3. The lowest BCUT2D eigenvalue weighted by atomic mass is 9.96. The van der Waals surface area contributed by atoms with Crippen LogP contribution in [-0.4, -0.2) is 50.2 Å². The number of thiazole rings is 1. The monoisotopic (exact) mass is 545 g/mol. The van der Waals surface area contributed by atoms with E-state index < -0.39 is 11.9 Å². The molecule has 5 rings (SSSR count). The summed E-state index contributed by atoms with van der Waals surface area (Å²) < 4.78 is 39.9. The van der Waals surface area contributed by atoms with Crippen LogP contribution in [0.5, 0.6) is 0 Å². The number of ketones is 1. The molecule has 1 unspecified atom stereocenters. The van der Waals surface area contributed by atoms with Crippen molar-refractivity contribution in [1.82, 2.24) is 19.7 Å². The van der Waals surface area contributed by atoms with Crippen LogP contribution in [0.25, 0.3) is 0 Å². The van der Waals surface area contributed by atoms with Crippen LogP contribution in [0, 0.1) is 6.92 Å². The quantitative estimate of drug-likeness (QED) is 0.400. The van der Waals surface area contributed by atoms with Crippen molar-refractivity contribution in [3.8, 4) is 0 Å². The summed E-state index contributed by atoms with van der Waals surface area (Å²) in [5, 5.41) is 10.7. The molecule has 1 saturated heterocycles. The predicted molar refractivity (Wildman–Crippen MR) is 134 cm³/mol. The first-order valence-electron chi connectivity index (χ1n) is 12.3. The Labute approximate surface area is 221 Å². The molecule has 3 aromatic rings. The second kappa shape index (κ2) is 10.3. The van der Waals surface area contributed by atoms with Gasteiger partial charge in [0.15, 0.2) is 17.6 Å². The number of Topliss-reactive ketones (excluding diaryl/α,β-unsaturated/α-hetero) is 1. The number of aryl methyl sites for hydroxylation is 1. The topological polar surface area (TPSA) is 89.7 Å². The number of oxime groups is 1. The van der Waals surface area contributed by atoms with Gasteiger partial charge in [0.05, 0.1) is 10.7 Å². The second-order valence-corrected chi connectivity index (χ2v) is 10.4. The molecule has 4 heterocycles. The molecule has 1 aromatic carbocycles. The number of hydrogen-bond acceptors (Lipinski definition) is 7. The summed E-state index contributed by atoms with van der Waals surface area (Å²) in [7, 11) is 0. The number of carbonyl (C=O) groups excluding carboxylic acids is 2. The summed E-state index contributed by atoms with van der Waals surface area (Å²) >= 11 is 1.54. The van der Waals surface area contributed by atoms with Crippen LogP contribution in [0.15, 0.2) is 40.9 Å². The van der Waals surface area contributed by atoms with Crippen LogP contribution in [0.3, 0.4) is 0 Å². The average molecular weight is 546 g/mol. The fourth-order valence-corrected chi connectivity index (χ4v) is 5.81. The Hall–Kier alpha value is -3.54. The molecule has 1 amide bonds. The molecule has 2 aliphatic heterocycles. The third-order valence-electron chi connectivity index (χ3n) is 6.93. The second-order valence-electron chi connectivity index (χ2n) is 9.53. The maximum absolute atomic E-state index is 12.9. The molecule has 1 fully saturated rings. The highest BCUT2D eigenvalue weighted by Gasteiger charge is 2.35. The molecule has 0 saturated carbocycles. The predicted octanol–water partition coefficient (Wildman–Crippen LogP) is 5.14. The van der Waals surface area contributed by atoms with Crippen LogP contribution in [0.2, 0.25) is 0 Å². The van der Waals surface area contributed by atoms with Crippen LogP contribution in [-0.2, 0) is 22.4 Å². The molecule has 38 heavy (non-hydrogen) atoms. The Morgan fingerprint density at radius 2 is 1.92 bits per heavy atom. The molecule has 0 bridgehead atoms. The molecule has 0 spiro atoms. The number of alkyl halides is 3. The third kappa shape index (κ3) is 5.35. The van der Waals surface area contributed by atoms with Gasteiger partial charge >= 0.3 is 6.18 Å². The first-order chi connectivity index (χ1) is 18.1. The maximum atomic E-state index is 12.9. The van der Waals surface area contributed by atoms with E-state index in [2.05, 4.69) is 10.3 Å². The van der Waals surface area contributed by atoms with E-state index in [1.807, 2.05) is 23.6 Å². The summed E-state index contributed by atoms with van der Waals surface area (Å²) in [6.07, 6.45) is -2.94. The lowest BCUT2D eigenvalue weighted by Crippen LogP contribution is -2.40. The number of piperidine rings is 1. The van der Waals surface area contributed by atoms with Gasteiger partial charge in [-0.2, -0.15) is 18.3 Å². The fourth-order valence-electron chi connectivity index (χ4n) is 4.81. The van der Waals surface area contributed by atoms with E-state index in [1.54, 1.807) is 22.3 Å². The van der Waals surface area contributed by atoms with E-state index in [4.69, 9.17) is 9.82 Å². The maximum Gasteiger partial charge on any atom is 0.435 e. The summed E-state index contributed by atoms with van der Waals surface area (Å²) in [5.41, 5.74) is 2.22. The van der Waals surface area contributed by atoms with E-state index in [1.165, 1.54) is 13.8 Å². The van der Waals surface area contributed by atoms with E-state index in [0.29, 0.717) is 43.6 Å². The van der Waals surface area contributed by atoms with Gasteiger partial charge in [0.1, 0.15) is 12.3 Å². The van der Waals surface area contributed by atoms with Crippen molar-refractivity contribution >= 4 is 28.7 Å². The zero-order chi connectivity index (χ0) is 27.0. The van der Waals surface area contributed by atoms with Gasteiger partial charge in [-0.05, 0) is 32.8 Å². The van der Waals surface area contributed by atoms with Gasteiger partial charge in [-0.15, -0.1) is 11.3 Å². The Bertz CT molecular complexity index is 1390. The molecule has 0 aliphatic carbocycles. The Morgan fingerprint density at radius 3 is 2.61 bits per heavy atom. The van der Waals surface area contributed by atoms with Gasteiger partial charge in [0.2, 0.25) is 5.91 Å². The van der Waals surface area contributed by atoms with Gasteiger partial charge in [-0.25, -0.2) is 4.98 Å². The highest BCUT2D eigenvalue weighted by atomic mass is 32.1. The van der Waals surface area contributed by atoms with Crippen molar-refractivity contribution in [3.05, 3.63) is 68.9 Å². The largest absolute Gasteiger partial charge is 0.435 e. The Kier molecular flexibility index (Phi) is 7.08. The van der Waals surface area contributed by atoms with Crippen molar-refractivity contribution in [2.24, 2.45) is 5.16 Å². The SMILES string of the molecule is CC(=O)c1ccccc1C1CC(c2csc(C3CCN(C(=O)Cn4nc(C(F)(F)F)cc4C)CC3)n2)=NO1. The molecule has 2 aromatic heterocycles. The molecule has 200 valence electrons. The minimum atomic E-state index is -4.54. The molecule has 12 heteroatoms. The van der Waals surface area contributed by atoms with Crippen molar-refractivity contribution in [1.29, 1.82) is 0 Å². The van der Waals surface area contributed by atoms with Crippen molar-refractivity contribution in [3.63, 3.8) is 0 Å². The lowest BCUT2D eigenvalue weighted by molar-refractivity contribution is -0.142. The molecule has 0 radical (unpaired) electrons. The normalized spacial score (nSPS) is 18.4. The van der Waals surface area contributed by atoms with Crippen molar-refractivity contribution in [2.45, 2.75) is 57.9 Å². The molecule has 8 nitrogen and oxygen atoms in total. The number of hydrogen-bond donors (Lipinski definition) is 0. The van der Waals surface area contributed by atoms with E-state index in [-0.39, 0.29) is 30.3 Å². The minimum Gasteiger partial charge on any atom is -0.387 e. The average Bonchev–Trinajstić information content (AvgIpc) is 3.64. The zero-order valence-electron chi connectivity index (χ0n) is 20.9. The third-order valence-corrected chi connectivity index (χ3v) is 7.93. The highest BCUT2D eigenvalue weighted by Crippen LogP contribution is 2.35. The fraction of sp³-hybridized carbons (Fsp3) is 0.423. The first kappa shape index (κ1) is 26.1. The standard InChI is InChI=1S/C26H26F3N5O3S/c1-15-11-23(26(27,28)29)31-34(15)13-24(36)33-9-7-17(8-10-33)25-30-21(14-38-25)20-12-22(37-32-20)19-6-4-3-5-18(19)16(2)35/h3-6,11,14,17,22H,7-10,12-13H2,1-2H3.